The first kappa shape index (κ1) is 12.2. The summed E-state index contributed by atoms with van der Waals surface area (Å²) in [4.78, 5) is 11.5. The summed E-state index contributed by atoms with van der Waals surface area (Å²) >= 11 is 3.32. The van der Waals surface area contributed by atoms with Gasteiger partial charge < -0.3 is 5.32 Å². The molecular formula is C12H16BrNO. The standard InChI is InChI=1S/C12H16BrNO/c1-9-3-5-11(6-4-9)7-12(15)14-10(2)8-13/h3-6,10H,7-8H2,1-2H3,(H,14,15). The topological polar surface area (TPSA) is 29.1 Å². The number of alkyl halides is 1. The van der Waals surface area contributed by atoms with Gasteiger partial charge in [-0.25, -0.2) is 0 Å². The number of halogens is 1. The molecule has 2 nitrogen and oxygen atoms in total. The fourth-order valence-electron chi connectivity index (χ4n) is 1.26. The number of carbonyl (C=O) groups excluding carboxylic acids is 1. The number of carbonyl (C=O) groups is 1. The molecule has 1 amide bonds. The number of aryl methyl sites for hydroxylation is 1. The van der Waals surface area contributed by atoms with Gasteiger partial charge in [0.1, 0.15) is 0 Å². The molecule has 1 rings (SSSR count). The minimum atomic E-state index is 0.0748. The van der Waals surface area contributed by atoms with Gasteiger partial charge in [0.2, 0.25) is 5.91 Å². The van der Waals surface area contributed by atoms with E-state index >= 15 is 0 Å². The van der Waals surface area contributed by atoms with Crippen molar-refractivity contribution in [1.29, 1.82) is 0 Å². The third-order valence-electron chi connectivity index (χ3n) is 2.12. The maximum Gasteiger partial charge on any atom is 0.224 e. The van der Waals surface area contributed by atoms with Crippen LogP contribution in [-0.2, 0) is 11.2 Å². The summed E-state index contributed by atoms with van der Waals surface area (Å²) in [6, 6.07) is 8.22. The fourth-order valence-corrected chi connectivity index (χ4v) is 1.42. The molecule has 1 aromatic carbocycles. The molecule has 0 aliphatic rings. The van der Waals surface area contributed by atoms with E-state index in [1.807, 2.05) is 38.1 Å². The molecule has 1 aromatic rings. The highest BCUT2D eigenvalue weighted by Gasteiger charge is 2.06. The van der Waals surface area contributed by atoms with Gasteiger partial charge in [-0.05, 0) is 19.4 Å². The van der Waals surface area contributed by atoms with Crippen molar-refractivity contribution in [1.82, 2.24) is 5.32 Å². The second-order valence-electron chi connectivity index (χ2n) is 3.79. The average Bonchev–Trinajstić information content (AvgIpc) is 2.21. The Morgan fingerprint density at radius 3 is 2.53 bits per heavy atom. The van der Waals surface area contributed by atoms with Crippen molar-refractivity contribution >= 4 is 21.8 Å². The van der Waals surface area contributed by atoms with E-state index in [0.717, 1.165) is 10.9 Å². The fraction of sp³-hybridized carbons (Fsp3) is 0.417. The van der Waals surface area contributed by atoms with E-state index in [4.69, 9.17) is 0 Å². The first-order chi connectivity index (χ1) is 7.11. The van der Waals surface area contributed by atoms with Gasteiger partial charge >= 0.3 is 0 Å². The summed E-state index contributed by atoms with van der Waals surface area (Å²) in [7, 11) is 0. The molecule has 0 radical (unpaired) electrons. The zero-order chi connectivity index (χ0) is 11.3. The van der Waals surface area contributed by atoms with Crippen molar-refractivity contribution in [2.24, 2.45) is 0 Å². The van der Waals surface area contributed by atoms with Crippen molar-refractivity contribution in [3.8, 4) is 0 Å². The summed E-state index contributed by atoms with van der Waals surface area (Å²) in [5.74, 6) is 0.0748. The molecule has 0 aliphatic heterocycles. The second-order valence-corrected chi connectivity index (χ2v) is 4.43. The van der Waals surface area contributed by atoms with Crippen LogP contribution in [0.1, 0.15) is 18.1 Å². The Morgan fingerprint density at radius 1 is 1.40 bits per heavy atom. The van der Waals surface area contributed by atoms with Gasteiger partial charge in [-0.3, -0.25) is 4.79 Å². The van der Waals surface area contributed by atoms with Gasteiger partial charge in [0.05, 0.1) is 6.42 Å². The van der Waals surface area contributed by atoms with Crippen LogP contribution in [0, 0.1) is 6.92 Å². The summed E-state index contributed by atoms with van der Waals surface area (Å²) < 4.78 is 0. The van der Waals surface area contributed by atoms with Gasteiger partial charge in [-0.2, -0.15) is 0 Å². The van der Waals surface area contributed by atoms with Crippen molar-refractivity contribution in [3.05, 3.63) is 35.4 Å². The van der Waals surface area contributed by atoms with Crippen molar-refractivity contribution in [3.63, 3.8) is 0 Å². The van der Waals surface area contributed by atoms with Crippen molar-refractivity contribution < 1.29 is 4.79 Å². The number of amides is 1. The molecule has 0 saturated carbocycles. The van der Waals surface area contributed by atoms with Crippen LogP contribution in [-0.4, -0.2) is 17.3 Å². The highest BCUT2D eigenvalue weighted by atomic mass is 79.9. The molecule has 3 heteroatoms. The van der Waals surface area contributed by atoms with Crippen LogP contribution >= 0.6 is 15.9 Å². The summed E-state index contributed by atoms with van der Waals surface area (Å²) in [6.45, 7) is 4.01. The number of hydrogen-bond acceptors (Lipinski definition) is 1. The molecule has 82 valence electrons. The molecule has 0 aromatic heterocycles. The highest BCUT2D eigenvalue weighted by Crippen LogP contribution is 2.04. The summed E-state index contributed by atoms with van der Waals surface area (Å²) in [5.41, 5.74) is 2.27. The Hall–Kier alpha value is -0.830. The first-order valence-corrected chi connectivity index (χ1v) is 6.15. The van der Waals surface area contributed by atoms with Crippen LogP contribution in [0.3, 0.4) is 0 Å². The van der Waals surface area contributed by atoms with E-state index in [1.54, 1.807) is 0 Å². The van der Waals surface area contributed by atoms with Gasteiger partial charge in [0.15, 0.2) is 0 Å². The molecule has 1 N–H and O–H groups in total. The quantitative estimate of drug-likeness (QED) is 0.836. The molecule has 0 bridgehead atoms. The molecule has 0 fully saturated rings. The van der Waals surface area contributed by atoms with Crippen LogP contribution in [0.2, 0.25) is 0 Å². The van der Waals surface area contributed by atoms with Gasteiger partial charge in [-0.1, -0.05) is 45.8 Å². The third-order valence-corrected chi connectivity index (χ3v) is 3.10. The van der Waals surface area contributed by atoms with Crippen LogP contribution in [0.5, 0.6) is 0 Å². The lowest BCUT2D eigenvalue weighted by atomic mass is 10.1. The summed E-state index contributed by atoms with van der Waals surface area (Å²) in [5, 5.41) is 3.69. The molecule has 1 atom stereocenters. The number of benzene rings is 1. The maximum absolute atomic E-state index is 11.5. The Morgan fingerprint density at radius 2 is 2.00 bits per heavy atom. The lowest BCUT2D eigenvalue weighted by Crippen LogP contribution is -2.34. The Balaban J connectivity index is 2.48. The van der Waals surface area contributed by atoms with E-state index in [-0.39, 0.29) is 11.9 Å². The third kappa shape index (κ3) is 4.47. The predicted molar refractivity (Wildman–Crippen MR) is 66.3 cm³/mol. The zero-order valence-electron chi connectivity index (χ0n) is 9.09. The van der Waals surface area contributed by atoms with Crippen LogP contribution in [0.4, 0.5) is 0 Å². The largest absolute Gasteiger partial charge is 0.353 e. The Kier molecular flexibility index (Phi) is 4.82. The normalized spacial score (nSPS) is 12.2. The van der Waals surface area contributed by atoms with E-state index in [9.17, 15) is 4.79 Å². The van der Waals surface area contributed by atoms with Crippen molar-refractivity contribution in [2.75, 3.05) is 5.33 Å². The van der Waals surface area contributed by atoms with Crippen molar-refractivity contribution in [2.45, 2.75) is 26.3 Å². The van der Waals surface area contributed by atoms with Crippen LogP contribution in [0.15, 0.2) is 24.3 Å². The smallest absolute Gasteiger partial charge is 0.224 e. The second kappa shape index (κ2) is 5.91. The zero-order valence-corrected chi connectivity index (χ0v) is 10.7. The minimum absolute atomic E-state index is 0.0748. The summed E-state index contributed by atoms with van der Waals surface area (Å²) in [6.07, 6.45) is 0.456. The van der Waals surface area contributed by atoms with Gasteiger partial charge in [0, 0.05) is 11.4 Å². The van der Waals surface area contributed by atoms with E-state index in [0.29, 0.717) is 6.42 Å². The molecule has 15 heavy (non-hydrogen) atoms. The highest BCUT2D eigenvalue weighted by molar-refractivity contribution is 9.09. The van der Waals surface area contributed by atoms with Crippen LogP contribution < -0.4 is 5.32 Å². The number of nitrogens with one attached hydrogen (secondary N) is 1. The van der Waals surface area contributed by atoms with Gasteiger partial charge in [0.25, 0.3) is 0 Å². The van der Waals surface area contributed by atoms with E-state index < -0.39 is 0 Å². The molecule has 0 saturated heterocycles. The molecule has 0 spiro atoms. The van der Waals surface area contributed by atoms with Crippen LogP contribution in [0.25, 0.3) is 0 Å². The monoisotopic (exact) mass is 269 g/mol. The first-order valence-electron chi connectivity index (χ1n) is 5.02. The number of rotatable bonds is 4. The van der Waals surface area contributed by atoms with E-state index in [1.165, 1.54) is 5.56 Å². The SMILES string of the molecule is Cc1ccc(CC(=O)NC(C)CBr)cc1. The number of hydrogen-bond donors (Lipinski definition) is 1. The Bertz CT molecular complexity index is 321. The van der Waals surface area contributed by atoms with Gasteiger partial charge in [-0.15, -0.1) is 0 Å². The average molecular weight is 270 g/mol. The lowest BCUT2D eigenvalue weighted by molar-refractivity contribution is -0.120. The Labute approximate surface area is 99.2 Å². The van der Waals surface area contributed by atoms with E-state index in [2.05, 4.69) is 21.2 Å². The maximum atomic E-state index is 11.5. The predicted octanol–water partition coefficient (Wildman–Crippen LogP) is 2.44. The molecule has 0 heterocycles. The molecule has 0 aliphatic carbocycles. The lowest BCUT2D eigenvalue weighted by Gasteiger charge is -2.10. The molecule has 1 unspecified atom stereocenters. The molecular weight excluding hydrogens is 254 g/mol. The minimum Gasteiger partial charge on any atom is -0.353 e.